The molecule has 28 heavy (non-hydrogen) atoms. The van der Waals surface area contributed by atoms with Crippen molar-refractivity contribution in [3.05, 3.63) is 49.6 Å². The van der Waals surface area contributed by atoms with Gasteiger partial charge in [0.05, 0.1) is 37.6 Å². The maximum Gasteiger partial charge on any atom is 0.170 e. The maximum atomic E-state index is 4.33. The first-order valence-corrected chi connectivity index (χ1v) is 17.7. The fourth-order valence-electron chi connectivity index (χ4n) is 4.09. The van der Waals surface area contributed by atoms with E-state index in [0.29, 0.717) is 11.1 Å². The van der Waals surface area contributed by atoms with Gasteiger partial charge in [0.1, 0.15) is 21.5 Å². The maximum absolute atomic E-state index is 4.33. The molecular formula is C25H47BrP2+2. The molecule has 0 spiro atoms. The molecule has 0 N–H and O–H groups in total. The second-order valence-corrected chi connectivity index (χ2v) is 24.8. The first-order chi connectivity index (χ1) is 12.4. The number of hydrogen-bond donors (Lipinski definition) is 0. The summed E-state index contributed by atoms with van der Waals surface area (Å²) in [5, 5.41) is 0.644. The Kier molecular flexibility index (Phi) is 10.7. The third-order valence-electron chi connectivity index (χ3n) is 6.49. The van der Waals surface area contributed by atoms with Crippen LogP contribution in [0.1, 0.15) is 61.3 Å². The van der Waals surface area contributed by atoms with E-state index in [2.05, 4.69) is 121 Å². The Morgan fingerprint density at radius 3 is 1.86 bits per heavy atom. The molecule has 0 aliphatic heterocycles. The van der Waals surface area contributed by atoms with Gasteiger partial charge in [-0.2, -0.15) is 0 Å². The van der Waals surface area contributed by atoms with Gasteiger partial charge < -0.3 is 0 Å². The summed E-state index contributed by atoms with van der Waals surface area (Å²) in [7, 11) is -1.13. The van der Waals surface area contributed by atoms with Crippen LogP contribution in [0.25, 0.3) is 0 Å². The Balaban J connectivity index is 5.50. The van der Waals surface area contributed by atoms with E-state index < -0.39 is 13.2 Å². The Bertz CT molecular complexity index is 577. The van der Waals surface area contributed by atoms with Gasteiger partial charge in [0.15, 0.2) is 5.90 Å². The molecule has 0 fully saturated rings. The van der Waals surface area contributed by atoms with E-state index in [4.69, 9.17) is 0 Å². The van der Waals surface area contributed by atoms with E-state index in [1.165, 1.54) is 18.7 Å². The first-order valence-electron chi connectivity index (χ1n) is 10.4. The van der Waals surface area contributed by atoms with Crippen molar-refractivity contribution in [3.63, 3.8) is 0 Å². The van der Waals surface area contributed by atoms with Gasteiger partial charge in [0, 0.05) is 0 Å². The first kappa shape index (κ1) is 28.3. The third-order valence-corrected chi connectivity index (χ3v) is 22.5. The van der Waals surface area contributed by atoms with Gasteiger partial charge in [-0.05, 0) is 51.9 Å². The van der Waals surface area contributed by atoms with Gasteiger partial charge in [-0.1, -0.05) is 70.4 Å². The van der Waals surface area contributed by atoms with Crippen LogP contribution in [0.2, 0.25) is 0 Å². The normalized spacial score (nSPS) is 17.7. The number of allylic oxidation sites excluding steroid dienone is 6. The van der Waals surface area contributed by atoms with Gasteiger partial charge in [-0.25, -0.2) is 0 Å². The van der Waals surface area contributed by atoms with Gasteiger partial charge in [0.2, 0.25) is 0 Å². The fourth-order valence-corrected chi connectivity index (χ4v) is 19.4. The second-order valence-electron chi connectivity index (χ2n) is 11.1. The summed E-state index contributed by atoms with van der Waals surface area (Å²) in [5.74, 6) is 0.644. The molecule has 0 aliphatic rings. The van der Waals surface area contributed by atoms with Crippen molar-refractivity contribution in [2.75, 3.05) is 25.9 Å². The number of hydrogen-bond acceptors (Lipinski definition) is 0. The largest absolute Gasteiger partial charge is 0.170 e. The summed E-state index contributed by atoms with van der Waals surface area (Å²) in [4.78, 5) is 0. The van der Waals surface area contributed by atoms with Crippen LogP contribution in [-0.2, 0) is 0 Å². The van der Waals surface area contributed by atoms with Crippen LogP contribution in [0.3, 0.4) is 0 Å². The molecular weight excluding hydrogens is 442 g/mol. The molecule has 0 saturated heterocycles. The zero-order chi connectivity index (χ0) is 22.4. The predicted octanol–water partition coefficient (Wildman–Crippen LogP) is 9.66. The lowest BCUT2D eigenvalue weighted by molar-refractivity contribution is 0.385. The van der Waals surface area contributed by atoms with E-state index in [1.807, 2.05) is 12.2 Å². The fraction of sp³-hybridized carbons (Fsp3) is 0.680. The molecule has 0 bridgehead atoms. The molecule has 0 rings (SSSR count). The molecule has 2 unspecified atom stereocenters. The lowest BCUT2D eigenvalue weighted by Crippen LogP contribution is -2.33. The van der Waals surface area contributed by atoms with Crippen molar-refractivity contribution in [3.8, 4) is 0 Å². The minimum Gasteiger partial charge on any atom is -0.0991 e. The Morgan fingerprint density at radius 2 is 1.39 bits per heavy atom. The molecule has 0 nitrogen and oxygen atoms in total. The van der Waals surface area contributed by atoms with E-state index in [9.17, 15) is 0 Å². The van der Waals surface area contributed by atoms with Crippen LogP contribution in [0.5, 0.6) is 0 Å². The molecule has 0 aromatic heterocycles. The minimum absolute atomic E-state index is 0.175. The van der Waals surface area contributed by atoms with E-state index >= 15 is 0 Å². The standard InChI is InChI=1S/C25H47BrP2/c1-13-15-17-22(3)19-24(6,7)27(10,11)21-28(12,26)25(8,9)20-23(4,5)18-16-14-2/h13-18,22H,1-2,19-21H2,3-12H3/q+2/b17-15+,18-16+. The lowest BCUT2D eigenvalue weighted by atomic mass is 9.83. The highest BCUT2D eigenvalue weighted by Gasteiger charge is 2.58. The molecule has 0 amide bonds. The molecule has 3 heteroatoms. The summed E-state index contributed by atoms with van der Waals surface area (Å²) in [6.45, 7) is 32.3. The Labute approximate surface area is 186 Å². The lowest BCUT2D eigenvalue weighted by Gasteiger charge is -2.43. The van der Waals surface area contributed by atoms with E-state index in [0.717, 1.165) is 0 Å². The van der Waals surface area contributed by atoms with Gasteiger partial charge in [0.25, 0.3) is 0 Å². The highest BCUT2D eigenvalue weighted by atomic mass is 79.9. The molecule has 0 heterocycles. The molecule has 0 radical (unpaired) electrons. The Hall–Kier alpha value is 0.300. The van der Waals surface area contributed by atoms with Gasteiger partial charge >= 0.3 is 0 Å². The van der Waals surface area contributed by atoms with E-state index in [1.54, 1.807) is 0 Å². The highest BCUT2D eigenvalue weighted by Crippen LogP contribution is 2.84. The highest BCUT2D eigenvalue weighted by molar-refractivity contribution is 9.42. The SMILES string of the molecule is C=C/C=C/C(C)CC(C)(C)[P+](C)(C)C[P+](C)(Br)C(C)(C)CC(C)(C)/C=C/C=C. The topological polar surface area (TPSA) is 0 Å². The summed E-state index contributed by atoms with van der Waals surface area (Å²) in [6, 6.07) is 0. The van der Waals surface area contributed by atoms with Gasteiger partial charge in [-0.3, -0.25) is 0 Å². The van der Waals surface area contributed by atoms with Crippen LogP contribution in [0.15, 0.2) is 49.6 Å². The van der Waals surface area contributed by atoms with Crippen molar-refractivity contribution in [1.29, 1.82) is 0 Å². The summed E-state index contributed by atoms with van der Waals surface area (Å²) >= 11 is 4.33. The average Bonchev–Trinajstić information content (AvgIpc) is 2.48. The zero-order valence-electron chi connectivity index (χ0n) is 20.3. The molecule has 2 atom stereocenters. The van der Waals surface area contributed by atoms with E-state index in [-0.39, 0.29) is 10.6 Å². The molecule has 0 aromatic carbocycles. The average molecular weight is 490 g/mol. The van der Waals surface area contributed by atoms with Crippen LogP contribution >= 0.6 is 28.7 Å². The van der Waals surface area contributed by atoms with Crippen LogP contribution in [-0.4, -0.2) is 36.2 Å². The van der Waals surface area contributed by atoms with Crippen molar-refractivity contribution in [1.82, 2.24) is 0 Å². The van der Waals surface area contributed by atoms with Crippen molar-refractivity contribution >= 4 is 28.7 Å². The molecule has 0 aliphatic carbocycles. The molecule has 0 aromatic rings. The second kappa shape index (κ2) is 10.6. The van der Waals surface area contributed by atoms with Crippen LogP contribution in [0, 0.1) is 11.3 Å². The summed E-state index contributed by atoms with van der Waals surface area (Å²) in [6.07, 6.45) is 15.0. The quantitative estimate of drug-likeness (QED) is 0.189. The van der Waals surface area contributed by atoms with Crippen LogP contribution in [0.4, 0.5) is 0 Å². The summed E-state index contributed by atoms with van der Waals surface area (Å²) in [5.41, 5.74) is 0.175. The predicted molar refractivity (Wildman–Crippen MR) is 144 cm³/mol. The van der Waals surface area contributed by atoms with Crippen LogP contribution < -0.4 is 0 Å². The Morgan fingerprint density at radius 1 is 0.893 bits per heavy atom. The van der Waals surface area contributed by atoms with Gasteiger partial charge in [-0.15, -0.1) is 0 Å². The zero-order valence-corrected chi connectivity index (χ0v) is 23.7. The van der Waals surface area contributed by atoms with Crippen molar-refractivity contribution in [2.24, 2.45) is 11.3 Å². The molecule has 162 valence electrons. The minimum atomic E-state index is -1.29. The third kappa shape index (κ3) is 8.58. The van der Waals surface area contributed by atoms with Crippen molar-refractivity contribution < 1.29 is 0 Å². The smallest absolute Gasteiger partial charge is 0.0991 e. The summed E-state index contributed by atoms with van der Waals surface area (Å²) < 4.78 is 0. The number of halogens is 1. The molecule has 0 saturated carbocycles. The monoisotopic (exact) mass is 488 g/mol. The van der Waals surface area contributed by atoms with Crippen molar-refractivity contribution in [2.45, 2.75) is 71.6 Å². The number of rotatable bonds is 12.